The first-order valence-electron chi connectivity index (χ1n) is 11.0. The minimum Gasteiger partial charge on any atom is -0.494 e. The van der Waals surface area contributed by atoms with Gasteiger partial charge in [-0.2, -0.15) is 0 Å². The number of methoxy groups -OCH3 is 2. The van der Waals surface area contributed by atoms with Crippen LogP contribution >= 0.6 is 11.6 Å². The average molecular weight is 497 g/mol. The molecule has 1 heterocycles. The zero-order valence-electron chi connectivity index (χ0n) is 19.4. The summed E-state index contributed by atoms with van der Waals surface area (Å²) in [7, 11) is 3.04. The smallest absolute Gasteiger partial charge is 0.265 e. The molecule has 0 bridgehead atoms. The number of amides is 2. The highest BCUT2D eigenvalue weighted by Gasteiger charge is 2.26. The fourth-order valence-corrected chi connectivity index (χ4v) is 3.78. The molecule has 3 aromatic carbocycles. The van der Waals surface area contributed by atoms with Gasteiger partial charge >= 0.3 is 0 Å². The summed E-state index contributed by atoms with van der Waals surface area (Å²) in [6.45, 7) is 0.829. The van der Waals surface area contributed by atoms with E-state index in [9.17, 15) is 9.59 Å². The molecule has 0 spiro atoms. The summed E-state index contributed by atoms with van der Waals surface area (Å²) < 4.78 is 21.8. The van der Waals surface area contributed by atoms with E-state index < -0.39 is 0 Å². The van der Waals surface area contributed by atoms with Crippen molar-refractivity contribution in [1.82, 2.24) is 0 Å². The van der Waals surface area contributed by atoms with Gasteiger partial charge in [0.1, 0.15) is 11.5 Å². The molecule has 182 valence electrons. The molecule has 0 aliphatic carbocycles. The SMILES string of the molecule is COc1ccc(C(=O)Nc2ccc3c(c2)N(CCCOc2ccc(Cl)cc2)C(=O)CO3)cc1OC. The van der Waals surface area contributed by atoms with Crippen molar-refractivity contribution < 1.29 is 28.5 Å². The first-order valence-corrected chi connectivity index (χ1v) is 11.3. The number of ether oxygens (including phenoxy) is 4. The first-order chi connectivity index (χ1) is 17.0. The summed E-state index contributed by atoms with van der Waals surface area (Å²) in [5.41, 5.74) is 1.53. The van der Waals surface area contributed by atoms with E-state index in [1.807, 2.05) is 0 Å². The number of fused-ring (bicyclic) bond motifs is 1. The van der Waals surface area contributed by atoms with Crippen LogP contribution in [0.15, 0.2) is 60.7 Å². The Kier molecular flexibility index (Phi) is 7.62. The molecular weight excluding hydrogens is 472 g/mol. The summed E-state index contributed by atoms with van der Waals surface area (Å²) in [5, 5.41) is 3.50. The summed E-state index contributed by atoms with van der Waals surface area (Å²) in [6.07, 6.45) is 0.607. The minimum atomic E-state index is -0.322. The van der Waals surface area contributed by atoms with E-state index in [4.69, 9.17) is 30.5 Å². The van der Waals surface area contributed by atoms with Crippen LogP contribution in [0, 0.1) is 0 Å². The van der Waals surface area contributed by atoms with Crippen LogP contribution in [0.2, 0.25) is 5.02 Å². The number of hydrogen-bond donors (Lipinski definition) is 1. The molecule has 0 atom stereocenters. The van der Waals surface area contributed by atoms with Gasteiger partial charge in [-0.15, -0.1) is 0 Å². The van der Waals surface area contributed by atoms with Crippen LogP contribution in [0.25, 0.3) is 0 Å². The van der Waals surface area contributed by atoms with Crippen molar-refractivity contribution in [3.63, 3.8) is 0 Å². The molecule has 0 unspecified atom stereocenters. The van der Waals surface area contributed by atoms with E-state index in [1.165, 1.54) is 14.2 Å². The van der Waals surface area contributed by atoms with Gasteiger partial charge in [0.25, 0.3) is 11.8 Å². The van der Waals surface area contributed by atoms with Crippen LogP contribution in [0.3, 0.4) is 0 Å². The number of hydrogen-bond acceptors (Lipinski definition) is 6. The van der Waals surface area contributed by atoms with Crippen LogP contribution in [-0.2, 0) is 4.79 Å². The first kappa shape index (κ1) is 24.2. The normalized spacial score (nSPS) is 12.4. The second kappa shape index (κ2) is 11.0. The maximum atomic E-state index is 12.8. The van der Waals surface area contributed by atoms with E-state index in [2.05, 4.69) is 5.32 Å². The predicted octanol–water partition coefficient (Wildman–Crippen LogP) is 4.80. The van der Waals surface area contributed by atoms with E-state index in [0.717, 1.165) is 0 Å². The Labute approximate surface area is 208 Å². The summed E-state index contributed by atoms with van der Waals surface area (Å²) in [4.78, 5) is 27.0. The second-order valence-corrected chi connectivity index (χ2v) is 8.13. The number of carbonyl (C=O) groups is 2. The Morgan fingerprint density at radius 1 is 1.03 bits per heavy atom. The van der Waals surface area contributed by atoms with Crippen molar-refractivity contribution in [2.75, 3.05) is 44.2 Å². The molecule has 1 N–H and O–H groups in total. The summed E-state index contributed by atoms with van der Waals surface area (Å²) >= 11 is 5.89. The summed E-state index contributed by atoms with van der Waals surface area (Å²) in [6, 6.07) is 17.2. The molecule has 0 aromatic heterocycles. The van der Waals surface area contributed by atoms with Gasteiger partial charge in [-0.05, 0) is 67.1 Å². The molecule has 0 fully saturated rings. The van der Waals surface area contributed by atoms with Crippen molar-refractivity contribution in [3.8, 4) is 23.0 Å². The van der Waals surface area contributed by atoms with Crippen LogP contribution < -0.4 is 29.2 Å². The molecule has 0 radical (unpaired) electrons. The molecule has 2 amide bonds. The highest BCUT2D eigenvalue weighted by Crippen LogP contribution is 2.35. The van der Waals surface area contributed by atoms with Crippen molar-refractivity contribution in [3.05, 3.63) is 71.2 Å². The van der Waals surface area contributed by atoms with E-state index >= 15 is 0 Å². The monoisotopic (exact) mass is 496 g/mol. The van der Waals surface area contributed by atoms with Crippen LogP contribution in [0.4, 0.5) is 11.4 Å². The van der Waals surface area contributed by atoms with Crippen molar-refractivity contribution >= 4 is 34.8 Å². The van der Waals surface area contributed by atoms with Gasteiger partial charge in [-0.25, -0.2) is 0 Å². The third-order valence-electron chi connectivity index (χ3n) is 5.41. The number of benzene rings is 3. The van der Waals surface area contributed by atoms with Gasteiger partial charge in [0.2, 0.25) is 0 Å². The predicted molar refractivity (Wildman–Crippen MR) is 133 cm³/mol. The van der Waals surface area contributed by atoms with Crippen LogP contribution in [0.5, 0.6) is 23.0 Å². The van der Waals surface area contributed by atoms with Gasteiger partial charge in [0.05, 0.1) is 26.5 Å². The molecule has 3 aromatic rings. The standard InChI is InChI=1S/C26H25ClN2O6/c1-32-23-10-4-17(14-24(23)33-2)26(31)28-19-7-11-22-21(15-19)29(25(30)16-35-22)12-3-13-34-20-8-5-18(27)6-9-20/h4-11,14-15H,3,12-13,16H2,1-2H3,(H,28,31). The average Bonchev–Trinajstić information content (AvgIpc) is 2.88. The Morgan fingerprint density at radius 3 is 2.54 bits per heavy atom. The number of nitrogens with zero attached hydrogens (tertiary/aromatic N) is 1. The molecule has 0 saturated heterocycles. The number of carbonyl (C=O) groups excluding carboxylic acids is 2. The zero-order valence-corrected chi connectivity index (χ0v) is 20.1. The van der Waals surface area contributed by atoms with Crippen LogP contribution in [0.1, 0.15) is 16.8 Å². The lowest BCUT2D eigenvalue weighted by molar-refractivity contribution is -0.121. The largest absolute Gasteiger partial charge is 0.494 e. The highest BCUT2D eigenvalue weighted by atomic mass is 35.5. The minimum absolute atomic E-state index is 0.0393. The quantitative estimate of drug-likeness (QED) is 0.428. The maximum Gasteiger partial charge on any atom is 0.265 e. The molecule has 1 aliphatic heterocycles. The van der Waals surface area contributed by atoms with Crippen molar-refractivity contribution in [2.45, 2.75) is 6.42 Å². The molecule has 1 aliphatic rings. The Bertz CT molecular complexity index is 1210. The number of nitrogens with one attached hydrogen (secondary N) is 1. The topological polar surface area (TPSA) is 86.3 Å². The molecule has 8 nitrogen and oxygen atoms in total. The van der Waals surface area contributed by atoms with Gasteiger partial charge < -0.3 is 29.2 Å². The Balaban J connectivity index is 1.43. The Morgan fingerprint density at radius 2 is 1.80 bits per heavy atom. The molecule has 0 saturated carbocycles. The second-order valence-electron chi connectivity index (χ2n) is 7.70. The van der Waals surface area contributed by atoms with Crippen molar-refractivity contribution in [2.24, 2.45) is 0 Å². The fourth-order valence-electron chi connectivity index (χ4n) is 3.65. The van der Waals surface area contributed by atoms with Crippen LogP contribution in [-0.4, -0.2) is 45.8 Å². The van der Waals surface area contributed by atoms with Gasteiger partial charge in [0, 0.05) is 22.8 Å². The molecular formula is C26H25ClN2O6. The molecule has 9 heteroatoms. The third kappa shape index (κ3) is 5.78. The van der Waals surface area contributed by atoms with Crippen molar-refractivity contribution in [1.29, 1.82) is 0 Å². The number of anilines is 2. The van der Waals surface area contributed by atoms with Gasteiger partial charge in [-0.1, -0.05) is 11.6 Å². The zero-order chi connectivity index (χ0) is 24.8. The third-order valence-corrected chi connectivity index (χ3v) is 5.67. The lowest BCUT2D eigenvalue weighted by atomic mass is 10.1. The summed E-state index contributed by atoms with van der Waals surface area (Å²) in [5.74, 6) is 1.79. The number of rotatable bonds is 9. The lowest BCUT2D eigenvalue weighted by Crippen LogP contribution is -2.39. The lowest BCUT2D eigenvalue weighted by Gasteiger charge is -2.30. The van der Waals surface area contributed by atoms with Gasteiger partial charge in [0.15, 0.2) is 18.1 Å². The van der Waals surface area contributed by atoms with Gasteiger partial charge in [-0.3, -0.25) is 9.59 Å². The maximum absolute atomic E-state index is 12.8. The van der Waals surface area contributed by atoms with E-state index in [-0.39, 0.29) is 18.4 Å². The highest BCUT2D eigenvalue weighted by molar-refractivity contribution is 6.30. The number of halogens is 1. The Hall–Kier alpha value is -3.91. The fraction of sp³-hybridized carbons (Fsp3) is 0.231. The molecule has 4 rings (SSSR count). The molecule has 35 heavy (non-hydrogen) atoms. The van der Waals surface area contributed by atoms with E-state index in [0.29, 0.717) is 64.5 Å². The van der Waals surface area contributed by atoms with E-state index in [1.54, 1.807) is 65.6 Å².